The lowest BCUT2D eigenvalue weighted by molar-refractivity contribution is -0.113. The van der Waals surface area contributed by atoms with E-state index < -0.39 is 0 Å². The van der Waals surface area contributed by atoms with Crippen LogP contribution in [0.2, 0.25) is 0 Å². The van der Waals surface area contributed by atoms with Gasteiger partial charge >= 0.3 is 0 Å². The van der Waals surface area contributed by atoms with Crippen LogP contribution in [0.5, 0.6) is 5.75 Å². The predicted octanol–water partition coefficient (Wildman–Crippen LogP) is 6.19. The van der Waals surface area contributed by atoms with Gasteiger partial charge in [0.15, 0.2) is 5.17 Å². The fourth-order valence-electron chi connectivity index (χ4n) is 3.74. The number of phenolic OH excluding ortho intramolecular Hbond substituents is 1. The molecule has 0 atom stereocenters. The molecular weight excluding hydrogens is 438 g/mol. The summed E-state index contributed by atoms with van der Waals surface area (Å²) in [5.41, 5.74) is 4.81. The van der Waals surface area contributed by atoms with Crippen LogP contribution in [0.25, 0.3) is 0 Å². The minimum Gasteiger partial charge on any atom is -0.508 e. The lowest BCUT2D eigenvalue weighted by Gasteiger charge is -2.17. The third kappa shape index (κ3) is 3.57. The minimum atomic E-state index is -0.119. The Bertz CT molecular complexity index is 1300. The van der Waals surface area contributed by atoms with E-state index in [0.717, 1.165) is 26.9 Å². The van der Waals surface area contributed by atoms with Crippen LogP contribution in [0.4, 0.5) is 17.1 Å². The first-order valence-electron chi connectivity index (χ1n) is 10.1. The van der Waals surface area contributed by atoms with E-state index in [9.17, 15) is 9.90 Å². The number of nitrogens with zero attached hydrogens (tertiary/aromatic N) is 3. The number of amides is 1. The minimum absolute atomic E-state index is 0.119. The lowest BCUT2D eigenvalue weighted by Crippen LogP contribution is -2.29. The molecular formula is C25H21N3O2S2. The number of aliphatic imine (C=N–C) groups is 1. The molecule has 1 amide bonds. The van der Waals surface area contributed by atoms with E-state index in [1.165, 1.54) is 17.3 Å². The summed E-state index contributed by atoms with van der Waals surface area (Å²) in [4.78, 5) is 24.0. The monoisotopic (exact) mass is 459 g/mol. The molecule has 0 aliphatic carbocycles. The number of carbonyl (C=O) groups is 1. The van der Waals surface area contributed by atoms with Gasteiger partial charge in [-0.25, -0.2) is 4.99 Å². The molecule has 1 saturated heterocycles. The first-order valence-corrected chi connectivity index (χ1v) is 11.8. The second kappa shape index (κ2) is 8.07. The van der Waals surface area contributed by atoms with Gasteiger partial charge in [-0.05, 0) is 73.6 Å². The highest BCUT2D eigenvalue weighted by molar-refractivity contribution is 8.20. The maximum Gasteiger partial charge on any atom is 0.274 e. The number of rotatable bonds is 2. The van der Waals surface area contributed by atoms with E-state index in [-0.39, 0.29) is 11.7 Å². The molecule has 5 nitrogen and oxygen atoms in total. The molecule has 0 unspecified atom stereocenters. The van der Waals surface area contributed by atoms with Gasteiger partial charge in [0.2, 0.25) is 0 Å². The van der Waals surface area contributed by atoms with Crippen molar-refractivity contribution >= 4 is 51.7 Å². The molecule has 7 heteroatoms. The van der Waals surface area contributed by atoms with Crippen LogP contribution in [-0.4, -0.2) is 23.2 Å². The van der Waals surface area contributed by atoms with Crippen molar-refractivity contribution in [3.05, 3.63) is 87.8 Å². The average molecular weight is 460 g/mol. The first kappa shape index (κ1) is 20.7. The molecule has 2 aliphatic heterocycles. The Balaban J connectivity index is 1.63. The normalized spacial score (nSPS) is 19.2. The summed E-state index contributed by atoms with van der Waals surface area (Å²) in [5, 5.41) is 11.2. The van der Waals surface area contributed by atoms with Crippen molar-refractivity contribution in [3.63, 3.8) is 0 Å². The number of hydrogen-bond acceptors (Lipinski definition) is 6. The zero-order chi connectivity index (χ0) is 22.4. The van der Waals surface area contributed by atoms with Crippen molar-refractivity contribution in [2.45, 2.75) is 18.7 Å². The van der Waals surface area contributed by atoms with Gasteiger partial charge in [-0.2, -0.15) is 0 Å². The Morgan fingerprint density at radius 3 is 2.41 bits per heavy atom. The number of para-hydroxylation sites is 1. The summed E-state index contributed by atoms with van der Waals surface area (Å²) in [6.07, 6.45) is 0. The topological polar surface area (TPSA) is 56.1 Å². The number of benzene rings is 3. The molecule has 0 aromatic heterocycles. The molecule has 160 valence electrons. The quantitative estimate of drug-likeness (QED) is 0.463. The molecule has 0 spiro atoms. The molecule has 1 N–H and O–H groups in total. The van der Waals surface area contributed by atoms with Crippen molar-refractivity contribution in [2.24, 2.45) is 4.99 Å². The van der Waals surface area contributed by atoms with Crippen LogP contribution >= 0.6 is 23.5 Å². The van der Waals surface area contributed by atoms with Gasteiger partial charge < -0.3 is 10.0 Å². The summed E-state index contributed by atoms with van der Waals surface area (Å²) in [6.45, 7) is 4.07. The molecule has 3 aromatic carbocycles. The van der Waals surface area contributed by atoms with E-state index in [2.05, 4.69) is 23.1 Å². The Morgan fingerprint density at radius 2 is 1.69 bits per heavy atom. The number of thioether (sulfide) groups is 2. The molecule has 2 heterocycles. The average Bonchev–Trinajstić information content (AvgIpc) is 3.27. The first-order chi connectivity index (χ1) is 15.4. The number of amidine groups is 1. The largest absolute Gasteiger partial charge is 0.508 e. The van der Waals surface area contributed by atoms with Gasteiger partial charge in [0.05, 0.1) is 22.1 Å². The van der Waals surface area contributed by atoms with Crippen LogP contribution in [0.15, 0.2) is 86.6 Å². The fraction of sp³-hybridized carbons (Fsp3) is 0.120. The smallest absolute Gasteiger partial charge is 0.274 e. The fourth-order valence-corrected chi connectivity index (χ4v) is 6.08. The Labute approximate surface area is 195 Å². The predicted molar refractivity (Wildman–Crippen MR) is 134 cm³/mol. The third-order valence-electron chi connectivity index (χ3n) is 5.39. The van der Waals surface area contributed by atoms with Gasteiger partial charge in [-0.15, -0.1) is 0 Å². The van der Waals surface area contributed by atoms with E-state index in [0.29, 0.717) is 15.8 Å². The Kier molecular flexibility index (Phi) is 5.23. The van der Waals surface area contributed by atoms with Crippen molar-refractivity contribution in [1.29, 1.82) is 0 Å². The molecule has 2 aliphatic rings. The molecule has 0 radical (unpaired) electrons. The van der Waals surface area contributed by atoms with E-state index in [1.54, 1.807) is 40.9 Å². The number of fused-ring (bicyclic) bond motifs is 1. The van der Waals surface area contributed by atoms with Crippen LogP contribution in [0.3, 0.4) is 0 Å². The van der Waals surface area contributed by atoms with Crippen molar-refractivity contribution in [3.8, 4) is 5.75 Å². The summed E-state index contributed by atoms with van der Waals surface area (Å²) in [6, 6.07) is 20.9. The van der Waals surface area contributed by atoms with Gasteiger partial charge in [-0.1, -0.05) is 41.6 Å². The van der Waals surface area contributed by atoms with E-state index in [4.69, 9.17) is 4.99 Å². The Morgan fingerprint density at radius 1 is 0.938 bits per heavy atom. The summed E-state index contributed by atoms with van der Waals surface area (Å²) in [7, 11) is 1.99. The summed E-state index contributed by atoms with van der Waals surface area (Å²) in [5.74, 6) is 0.0346. The zero-order valence-electron chi connectivity index (χ0n) is 17.9. The van der Waals surface area contributed by atoms with E-state index in [1.807, 2.05) is 45.2 Å². The molecule has 3 aromatic rings. The zero-order valence-corrected chi connectivity index (χ0v) is 19.5. The molecule has 1 fully saturated rings. The number of hydrogen-bond donors (Lipinski definition) is 1. The van der Waals surface area contributed by atoms with Crippen LogP contribution in [0.1, 0.15) is 11.1 Å². The second-order valence-corrected chi connectivity index (χ2v) is 9.71. The van der Waals surface area contributed by atoms with Gasteiger partial charge in [-0.3, -0.25) is 9.69 Å². The number of carbonyl (C=O) groups excluding carboxylic acids is 1. The molecule has 5 rings (SSSR count). The standard InChI is InChI=1S/C25H21N3O2S2/c1-15-8-13-19(16(2)14-15)26-25-28(17-9-11-18(29)12-10-17)23(30)22(32-25)24-27(3)20-6-4-5-7-21(20)31-24/h4-14,29H,1-3H3/b24-22-,26-25?. The van der Waals surface area contributed by atoms with Crippen molar-refractivity contribution in [2.75, 3.05) is 16.8 Å². The van der Waals surface area contributed by atoms with Crippen molar-refractivity contribution < 1.29 is 9.90 Å². The van der Waals surface area contributed by atoms with E-state index >= 15 is 0 Å². The molecule has 0 bridgehead atoms. The summed E-state index contributed by atoms with van der Waals surface area (Å²) >= 11 is 2.99. The second-order valence-electron chi connectivity index (χ2n) is 7.71. The van der Waals surface area contributed by atoms with Crippen molar-refractivity contribution in [1.82, 2.24) is 0 Å². The number of phenols is 1. The Hall–Kier alpha value is -3.16. The van der Waals surface area contributed by atoms with Crippen LogP contribution < -0.4 is 9.80 Å². The third-order valence-corrected chi connectivity index (χ3v) is 7.78. The van der Waals surface area contributed by atoms with Gasteiger partial charge in [0.25, 0.3) is 5.91 Å². The lowest BCUT2D eigenvalue weighted by atomic mass is 10.1. The van der Waals surface area contributed by atoms with Crippen LogP contribution in [-0.2, 0) is 4.79 Å². The number of aromatic hydroxyl groups is 1. The van der Waals surface area contributed by atoms with Crippen LogP contribution in [0, 0.1) is 13.8 Å². The number of aryl methyl sites for hydroxylation is 2. The number of anilines is 2. The highest BCUT2D eigenvalue weighted by atomic mass is 32.2. The SMILES string of the molecule is Cc1ccc(N=C2S/C(=C3\Sc4ccccc4N3C)C(=O)N2c2ccc(O)cc2)c(C)c1. The maximum absolute atomic E-state index is 13.7. The highest BCUT2D eigenvalue weighted by Gasteiger charge is 2.40. The molecule has 32 heavy (non-hydrogen) atoms. The molecule has 0 saturated carbocycles. The van der Waals surface area contributed by atoms with Gasteiger partial charge in [0.1, 0.15) is 10.7 Å². The van der Waals surface area contributed by atoms with Gasteiger partial charge in [0, 0.05) is 11.9 Å². The summed E-state index contributed by atoms with van der Waals surface area (Å²) < 4.78 is 0. The highest BCUT2D eigenvalue weighted by Crippen LogP contribution is 2.50. The maximum atomic E-state index is 13.7.